The fourth-order valence-corrected chi connectivity index (χ4v) is 2.87. The Morgan fingerprint density at radius 1 is 1.24 bits per heavy atom. The number of amides is 1. The lowest BCUT2D eigenvalue weighted by atomic mass is 10.1. The summed E-state index contributed by atoms with van der Waals surface area (Å²) in [5.41, 5.74) is 1.33. The normalized spacial score (nSPS) is 12.5. The van der Waals surface area contributed by atoms with Crippen molar-refractivity contribution in [3.05, 3.63) is 58.9 Å². The first-order chi connectivity index (χ1) is 11.6. The number of carbonyl (C=O) groups is 1. The molecule has 1 unspecified atom stereocenters. The van der Waals surface area contributed by atoms with Crippen molar-refractivity contribution in [3.63, 3.8) is 0 Å². The Balaban J connectivity index is 2.26. The number of carbonyl (C=O) groups excluding carboxylic acids is 1. The van der Waals surface area contributed by atoms with Crippen molar-refractivity contribution in [3.8, 4) is 5.75 Å². The van der Waals surface area contributed by atoms with Gasteiger partial charge in [0.1, 0.15) is 0 Å². The molecule has 2 aromatic rings. The smallest absolute Gasteiger partial charge is 0.252 e. The quantitative estimate of drug-likeness (QED) is 0.848. The first-order valence-corrected chi connectivity index (χ1v) is 8.96. The standard InChI is InChI=1S/C17H19FN2O4S/c1-10-4-6-13(25(19,22)23)9-14(10)17(21)20-11(2)12-5-7-16(24-3)15(18)8-12/h4-9,11H,1-3H3,(H,20,21)(H2,19,22,23). The molecular formula is C17H19FN2O4S. The molecule has 0 aromatic heterocycles. The highest BCUT2D eigenvalue weighted by atomic mass is 32.2. The predicted molar refractivity (Wildman–Crippen MR) is 91.4 cm³/mol. The van der Waals surface area contributed by atoms with Crippen molar-refractivity contribution in [2.75, 3.05) is 7.11 Å². The van der Waals surface area contributed by atoms with Gasteiger partial charge in [-0.3, -0.25) is 4.79 Å². The molecule has 25 heavy (non-hydrogen) atoms. The zero-order chi connectivity index (χ0) is 18.8. The third-order valence-corrected chi connectivity index (χ3v) is 4.72. The summed E-state index contributed by atoms with van der Waals surface area (Å²) in [6, 6.07) is 7.96. The van der Waals surface area contributed by atoms with E-state index in [0.29, 0.717) is 11.1 Å². The van der Waals surface area contributed by atoms with Crippen LogP contribution in [-0.2, 0) is 10.0 Å². The molecule has 0 aliphatic rings. The van der Waals surface area contributed by atoms with E-state index >= 15 is 0 Å². The van der Waals surface area contributed by atoms with Gasteiger partial charge in [0.15, 0.2) is 11.6 Å². The van der Waals surface area contributed by atoms with E-state index in [1.807, 2.05) is 0 Å². The van der Waals surface area contributed by atoms with Gasteiger partial charge in [0.25, 0.3) is 5.91 Å². The van der Waals surface area contributed by atoms with E-state index in [1.54, 1.807) is 19.9 Å². The van der Waals surface area contributed by atoms with Gasteiger partial charge in [-0.2, -0.15) is 0 Å². The highest BCUT2D eigenvalue weighted by Crippen LogP contribution is 2.22. The van der Waals surface area contributed by atoms with Crippen LogP contribution in [0.1, 0.15) is 34.5 Å². The Labute approximate surface area is 145 Å². The van der Waals surface area contributed by atoms with Crippen molar-refractivity contribution >= 4 is 15.9 Å². The summed E-state index contributed by atoms with van der Waals surface area (Å²) in [4.78, 5) is 12.3. The number of nitrogens with two attached hydrogens (primary N) is 1. The Bertz CT molecular complexity index is 913. The van der Waals surface area contributed by atoms with Crippen LogP contribution in [0.5, 0.6) is 5.75 Å². The molecule has 0 radical (unpaired) electrons. The van der Waals surface area contributed by atoms with E-state index in [9.17, 15) is 17.6 Å². The van der Waals surface area contributed by atoms with Crippen LogP contribution in [0.3, 0.4) is 0 Å². The lowest BCUT2D eigenvalue weighted by molar-refractivity contribution is 0.0939. The summed E-state index contributed by atoms with van der Waals surface area (Å²) in [5, 5.41) is 7.81. The third-order valence-electron chi connectivity index (χ3n) is 3.81. The molecule has 2 rings (SSSR count). The van der Waals surface area contributed by atoms with Crippen LogP contribution in [0.2, 0.25) is 0 Å². The molecule has 3 N–H and O–H groups in total. The van der Waals surface area contributed by atoms with Gasteiger partial charge in [-0.05, 0) is 49.2 Å². The molecule has 0 aliphatic heterocycles. The van der Waals surface area contributed by atoms with Crippen molar-refractivity contribution in [1.82, 2.24) is 5.32 Å². The molecule has 2 aromatic carbocycles. The molecule has 0 bridgehead atoms. The molecular weight excluding hydrogens is 347 g/mol. The average molecular weight is 366 g/mol. The maximum absolute atomic E-state index is 13.8. The Kier molecular flexibility index (Phi) is 5.44. The topological polar surface area (TPSA) is 98.5 Å². The molecule has 0 saturated heterocycles. The van der Waals surface area contributed by atoms with Crippen LogP contribution < -0.4 is 15.2 Å². The minimum atomic E-state index is -3.91. The van der Waals surface area contributed by atoms with Gasteiger partial charge in [0, 0.05) is 5.56 Å². The van der Waals surface area contributed by atoms with Crippen LogP contribution in [0.15, 0.2) is 41.3 Å². The van der Waals surface area contributed by atoms with E-state index in [1.165, 1.54) is 37.4 Å². The monoisotopic (exact) mass is 366 g/mol. The molecule has 0 saturated carbocycles. The summed E-state index contributed by atoms with van der Waals surface area (Å²) in [5.74, 6) is -0.904. The maximum Gasteiger partial charge on any atom is 0.252 e. The number of methoxy groups -OCH3 is 1. The van der Waals surface area contributed by atoms with Crippen molar-refractivity contribution in [2.24, 2.45) is 5.14 Å². The first kappa shape index (κ1) is 18.9. The largest absolute Gasteiger partial charge is 0.494 e. The number of ether oxygens (including phenoxy) is 1. The zero-order valence-electron chi connectivity index (χ0n) is 14.0. The van der Waals surface area contributed by atoms with E-state index in [4.69, 9.17) is 9.88 Å². The van der Waals surface area contributed by atoms with Crippen molar-refractivity contribution in [2.45, 2.75) is 24.8 Å². The number of hydrogen-bond donors (Lipinski definition) is 2. The fraction of sp³-hybridized carbons (Fsp3) is 0.235. The van der Waals surface area contributed by atoms with Crippen LogP contribution in [0, 0.1) is 12.7 Å². The van der Waals surface area contributed by atoms with Crippen molar-refractivity contribution in [1.29, 1.82) is 0 Å². The highest BCUT2D eigenvalue weighted by Gasteiger charge is 2.17. The summed E-state index contributed by atoms with van der Waals surface area (Å²) in [7, 11) is -2.55. The van der Waals surface area contributed by atoms with Crippen LogP contribution in [0.4, 0.5) is 4.39 Å². The van der Waals surface area contributed by atoms with Crippen molar-refractivity contribution < 1.29 is 22.3 Å². The van der Waals surface area contributed by atoms with Crippen LogP contribution in [-0.4, -0.2) is 21.4 Å². The van der Waals surface area contributed by atoms with Gasteiger partial charge >= 0.3 is 0 Å². The van der Waals surface area contributed by atoms with Gasteiger partial charge in [-0.1, -0.05) is 12.1 Å². The van der Waals surface area contributed by atoms with Gasteiger partial charge < -0.3 is 10.1 Å². The third kappa shape index (κ3) is 4.34. The van der Waals surface area contributed by atoms with E-state index in [-0.39, 0.29) is 16.2 Å². The number of aryl methyl sites for hydroxylation is 1. The minimum Gasteiger partial charge on any atom is -0.494 e. The molecule has 8 heteroatoms. The Morgan fingerprint density at radius 2 is 1.92 bits per heavy atom. The molecule has 0 spiro atoms. The molecule has 1 atom stereocenters. The Hall–Kier alpha value is -2.45. The van der Waals surface area contributed by atoms with Gasteiger partial charge in [-0.25, -0.2) is 17.9 Å². The number of nitrogens with one attached hydrogen (secondary N) is 1. The summed E-state index contributed by atoms with van der Waals surface area (Å²) in [6.45, 7) is 3.37. The van der Waals surface area contributed by atoms with Gasteiger partial charge in [0.05, 0.1) is 18.0 Å². The minimum absolute atomic E-state index is 0.110. The van der Waals surface area contributed by atoms with Gasteiger partial charge in [0.2, 0.25) is 10.0 Å². The fourth-order valence-electron chi connectivity index (χ4n) is 2.33. The van der Waals surface area contributed by atoms with Crippen LogP contribution >= 0.6 is 0 Å². The Morgan fingerprint density at radius 3 is 2.48 bits per heavy atom. The number of primary sulfonamides is 1. The van der Waals surface area contributed by atoms with E-state index < -0.39 is 27.8 Å². The number of halogens is 1. The molecule has 0 heterocycles. The van der Waals surface area contributed by atoms with E-state index in [2.05, 4.69) is 5.32 Å². The number of benzene rings is 2. The average Bonchev–Trinajstić information content (AvgIpc) is 2.53. The molecule has 6 nitrogen and oxygen atoms in total. The number of hydrogen-bond acceptors (Lipinski definition) is 4. The maximum atomic E-state index is 13.8. The van der Waals surface area contributed by atoms with Crippen LogP contribution in [0.25, 0.3) is 0 Å². The predicted octanol–water partition coefficient (Wildman–Crippen LogP) is 2.28. The summed E-state index contributed by atoms with van der Waals surface area (Å²) < 4.78 is 41.6. The zero-order valence-corrected chi connectivity index (χ0v) is 14.9. The molecule has 0 aliphatic carbocycles. The lowest BCUT2D eigenvalue weighted by Gasteiger charge is -2.16. The number of rotatable bonds is 5. The molecule has 134 valence electrons. The lowest BCUT2D eigenvalue weighted by Crippen LogP contribution is -2.27. The second-order valence-corrected chi connectivity index (χ2v) is 7.17. The SMILES string of the molecule is COc1ccc(C(C)NC(=O)c2cc(S(N)(=O)=O)ccc2C)cc1F. The molecule has 1 amide bonds. The molecule has 0 fully saturated rings. The second-order valence-electron chi connectivity index (χ2n) is 5.61. The number of sulfonamides is 1. The van der Waals surface area contributed by atoms with Gasteiger partial charge in [-0.15, -0.1) is 0 Å². The first-order valence-electron chi connectivity index (χ1n) is 7.41. The summed E-state index contributed by atoms with van der Waals surface area (Å²) >= 11 is 0. The highest BCUT2D eigenvalue weighted by molar-refractivity contribution is 7.89. The second kappa shape index (κ2) is 7.20. The van der Waals surface area contributed by atoms with E-state index in [0.717, 1.165) is 0 Å². The summed E-state index contributed by atoms with van der Waals surface area (Å²) in [6.07, 6.45) is 0.